The van der Waals surface area contributed by atoms with Crippen LogP contribution in [0.3, 0.4) is 0 Å². The lowest BCUT2D eigenvalue weighted by molar-refractivity contribution is -0.130. The number of aliphatic carboxylic acids is 1. The van der Waals surface area contributed by atoms with Gasteiger partial charge in [-0.15, -0.1) is 0 Å². The molecule has 0 saturated heterocycles. The molecular formula is C10H8O3. The van der Waals surface area contributed by atoms with Gasteiger partial charge in [-0.05, 0) is 11.6 Å². The molecule has 66 valence electrons. The summed E-state index contributed by atoms with van der Waals surface area (Å²) in [6.07, 6.45) is 1.51. The average molecular weight is 176 g/mol. The Labute approximate surface area is 75.3 Å². The molecule has 3 nitrogen and oxygen atoms in total. The molecule has 0 aliphatic carbocycles. The molecule has 0 aliphatic rings. The zero-order valence-electron chi connectivity index (χ0n) is 6.81. The van der Waals surface area contributed by atoms with Crippen molar-refractivity contribution in [2.75, 3.05) is 0 Å². The Balaban J connectivity index is 3.10. The molecule has 0 radical (unpaired) electrons. The number of rotatable bonds is 3. The second kappa shape index (κ2) is 4.21. The minimum Gasteiger partial charge on any atom is -0.478 e. The third-order valence-corrected chi connectivity index (χ3v) is 1.55. The van der Waals surface area contributed by atoms with Crippen LogP contribution in [0.1, 0.15) is 5.56 Å². The number of carbonyl (C=O) groups excluding carboxylic acids is 1. The minimum absolute atomic E-state index is 0.00981. The molecule has 0 aliphatic heterocycles. The third-order valence-electron chi connectivity index (χ3n) is 1.55. The largest absolute Gasteiger partial charge is 0.478 e. The number of hydrogen-bond donors (Lipinski definition) is 1. The van der Waals surface area contributed by atoms with E-state index < -0.39 is 5.97 Å². The van der Waals surface area contributed by atoms with Gasteiger partial charge in [0.2, 0.25) is 0 Å². The van der Waals surface area contributed by atoms with Gasteiger partial charge in [0, 0.05) is 0 Å². The van der Waals surface area contributed by atoms with Gasteiger partial charge in [-0.3, -0.25) is 4.79 Å². The van der Waals surface area contributed by atoms with Gasteiger partial charge in [-0.2, -0.15) is 0 Å². The van der Waals surface area contributed by atoms with Gasteiger partial charge in [0.05, 0.1) is 5.57 Å². The summed E-state index contributed by atoms with van der Waals surface area (Å²) >= 11 is 0. The maximum atomic E-state index is 10.7. The van der Waals surface area contributed by atoms with Gasteiger partial charge < -0.3 is 5.11 Å². The van der Waals surface area contributed by atoms with Crippen LogP contribution in [-0.2, 0) is 9.59 Å². The van der Waals surface area contributed by atoms with Crippen LogP contribution in [0.15, 0.2) is 36.4 Å². The van der Waals surface area contributed by atoms with E-state index in [0.717, 1.165) is 6.08 Å². The van der Waals surface area contributed by atoms with Crippen molar-refractivity contribution < 1.29 is 14.7 Å². The van der Waals surface area contributed by atoms with Crippen molar-refractivity contribution in [3.63, 3.8) is 0 Å². The monoisotopic (exact) mass is 176 g/mol. The van der Waals surface area contributed by atoms with E-state index in [1.54, 1.807) is 30.3 Å². The predicted octanol–water partition coefficient (Wildman–Crippen LogP) is 1.35. The van der Waals surface area contributed by atoms with Crippen molar-refractivity contribution in [2.24, 2.45) is 0 Å². The molecule has 1 N–H and O–H groups in total. The topological polar surface area (TPSA) is 54.4 Å². The van der Waals surface area contributed by atoms with Crippen LogP contribution in [0, 0.1) is 0 Å². The Hall–Kier alpha value is -1.90. The lowest BCUT2D eigenvalue weighted by Crippen LogP contribution is -1.99. The van der Waals surface area contributed by atoms with E-state index in [1.165, 1.54) is 0 Å². The molecule has 0 bridgehead atoms. The van der Waals surface area contributed by atoms with Crippen molar-refractivity contribution >= 4 is 17.8 Å². The highest BCUT2D eigenvalue weighted by Crippen LogP contribution is 2.12. The summed E-state index contributed by atoms with van der Waals surface area (Å²) < 4.78 is 0. The second-order valence-corrected chi connectivity index (χ2v) is 2.39. The summed E-state index contributed by atoms with van der Waals surface area (Å²) in [7, 11) is 0. The van der Waals surface area contributed by atoms with Crippen molar-refractivity contribution in [1.29, 1.82) is 0 Å². The number of carboxylic acid groups (broad SMARTS) is 1. The van der Waals surface area contributed by atoms with Crippen molar-refractivity contribution in [1.82, 2.24) is 0 Å². The van der Waals surface area contributed by atoms with Gasteiger partial charge in [0.1, 0.15) is 6.29 Å². The van der Waals surface area contributed by atoms with E-state index in [-0.39, 0.29) is 5.57 Å². The van der Waals surface area contributed by atoms with E-state index in [2.05, 4.69) is 0 Å². The molecule has 0 unspecified atom stereocenters. The van der Waals surface area contributed by atoms with Crippen molar-refractivity contribution in [3.05, 3.63) is 42.0 Å². The van der Waals surface area contributed by atoms with Crippen LogP contribution >= 0.6 is 0 Å². The summed E-state index contributed by atoms with van der Waals surface area (Å²) in [6, 6.07) is 8.50. The molecule has 1 aromatic carbocycles. The molecule has 3 heteroatoms. The van der Waals surface area contributed by atoms with Gasteiger partial charge >= 0.3 is 5.97 Å². The van der Waals surface area contributed by atoms with Gasteiger partial charge in [0.25, 0.3) is 0 Å². The Bertz CT molecular complexity index is 338. The first-order valence-corrected chi connectivity index (χ1v) is 3.70. The number of allylic oxidation sites excluding steroid dienone is 1. The van der Waals surface area contributed by atoms with Gasteiger partial charge in [-0.1, -0.05) is 30.3 Å². The Kier molecular flexibility index (Phi) is 2.97. The van der Waals surface area contributed by atoms with Crippen LogP contribution in [0.5, 0.6) is 0 Å². The molecule has 1 aromatic rings. The summed E-state index contributed by atoms with van der Waals surface area (Å²) in [5, 5.41) is 8.73. The first-order valence-electron chi connectivity index (χ1n) is 3.70. The maximum Gasteiger partial charge on any atom is 0.336 e. The van der Waals surface area contributed by atoms with Crippen LogP contribution in [-0.4, -0.2) is 17.4 Å². The van der Waals surface area contributed by atoms with Gasteiger partial charge in [0.15, 0.2) is 0 Å². The maximum absolute atomic E-state index is 10.7. The van der Waals surface area contributed by atoms with Crippen LogP contribution in [0.2, 0.25) is 0 Å². The first kappa shape index (κ1) is 9.19. The normalized spacial score (nSPS) is 10.9. The predicted molar refractivity (Wildman–Crippen MR) is 48.1 cm³/mol. The Morgan fingerprint density at radius 3 is 2.31 bits per heavy atom. The molecule has 1 rings (SSSR count). The van der Waals surface area contributed by atoms with E-state index >= 15 is 0 Å². The summed E-state index contributed by atoms with van der Waals surface area (Å²) in [4.78, 5) is 20.8. The SMILES string of the molecule is O=C/C=C(\C(=O)O)c1ccccc1. The van der Waals surface area contributed by atoms with E-state index in [0.29, 0.717) is 11.8 Å². The van der Waals surface area contributed by atoms with Crippen LogP contribution < -0.4 is 0 Å². The summed E-state index contributed by atoms with van der Waals surface area (Å²) in [5.41, 5.74) is 0.540. The van der Waals surface area contributed by atoms with E-state index in [1.807, 2.05) is 0 Å². The van der Waals surface area contributed by atoms with Crippen LogP contribution in [0.4, 0.5) is 0 Å². The second-order valence-electron chi connectivity index (χ2n) is 2.39. The van der Waals surface area contributed by atoms with Crippen molar-refractivity contribution in [2.45, 2.75) is 0 Å². The number of carbonyl (C=O) groups is 2. The van der Waals surface area contributed by atoms with E-state index in [9.17, 15) is 9.59 Å². The summed E-state index contributed by atoms with van der Waals surface area (Å²) in [5.74, 6) is -1.10. The molecule has 0 spiro atoms. The third kappa shape index (κ3) is 2.27. The quantitative estimate of drug-likeness (QED) is 0.558. The highest BCUT2D eigenvalue weighted by molar-refractivity contribution is 6.18. The molecule has 0 aromatic heterocycles. The molecule has 0 saturated carbocycles. The fourth-order valence-electron chi connectivity index (χ4n) is 0.977. The number of hydrogen-bond acceptors (Lipinski definition) is 2. The Morgan fingerprint density at radius 2 is 1.85 bits per heavy atom. The summed E-state index contributed by atoms with van der Waals surface area (Å²) in [6.45, 7) is 0. The lowest BCUT2D eigenvalue weighted by atomic mass is 10.1. The fourth-order valence-corrected chi connectivity index (χ4v) is 0.977. The molecule has 0 heterocycles. The fraction of sp³-hybridized carbons (Fsp3) is 0. The average Bonchev–Trinajstić information content (AvgIpc) is 2.15. The standard InChI is InChI=1S/C10H8O3/c11-7-6-9(10(12)13)8-4-2-1-3-5-8/h1-7H,(H,12,13)/b9-6-. The van der Waals surface area contributed by atoms with Crippen LogP contribution in [0.25, 0.3) is 5.57 Å². The lowest BCUT2D eigenvalue weighted by Gasteiger charge is -1.99. The number of aldehydes is 1. The molecule has 13 heavy (non-hydrogen) atoms. The highest BCUT2D eigenvalue weighted by atomic mass is 16.4. The molecule has 0 amide bonds. The number of benzene rings is 1. The zero-order chi connectivity index (χ0) is 9.68. The molecule has 0 atom stereocenters. The van der Waals surface area contributed by atoms with E-state index in [4.69, 9.17) is 5.11 Å². The highest BCUT2D eigenvalue weighted by Gasteiger charge is 2.08. The first-order chi connectivity index (χ1) is 6.25. The molecular weight excluding hydrogens is 168 g/mol. The zero-order valence-corrected chi connectivity index (χ0v) is 6.81. The van der Waals surface area contributed by atoms with Gasteiger partial charge in [-0.25, -0.2) is 4.79 Å². The smallest absolute Gasteiger partial charge is 0.336 e. The van der Waals surface area contributed by atoms with Crippen molar-refractivity contribution in [3.8, 4) is 0 Å². The molecule has 0 fully saturated rings. The minimum atomic E-state index is -1.10. The number of carboxylic acids is 1. The Morgan fingerprint density at radius 1 is 1.23 bits per heavy atom.